The van der Waals surface area contributed by atoms with Gasteiger partial charge >= 0.3 is 0 Å². The first-order valence-corrected chi connectivity index (χ1v) is 7.28. The Hall–Kier alpha value is -0.570. The Morgan fingerprint density at radius 3 is 2.82 bits per heavy atom. The molecule has 2 heterocycles. The van der Waals surface area contributed by atoms with E-state index >= 15 is 0 Å². The van der Waals surface area contributed by atoms with Gasteiger partial charge in [0, 0.05) is 12.5 Å². The predicted octanol–water partition coefficient (Wildman–Crippen LogP) is 2.55. The number of hydrogen-bond donors (Lipinski definition) is 1. The van der Waals surface area contributed by atoms with Gasteiger partial charge in [-0.25, -0.2) is 0 Å². The van der Waals surface area contributed by atoms with E-state index in [-0.39, 0.29) is 0 Å². The number of piperidine rings is 1. The van der Waals surface area contributed by atoms with Crippen LogP contribution in [0.15, 0.2) is 4.99 Å². The van der Waals surface area contributed by atoms with Gasteiger partial charge < -0.3 is 10.6 Å². The van der Waals surface area contributed by atoms with E-state index in [0.29, 0.717) is 6.04 Å². The summed E-state index contributed by atoms with van der Waals surface area (Å²) in [6.07, 6.45) is 11.5. The summed E-state index contributed by atoms with van der Waals surface area (Å²) in [5.74, 6) is 0.893. The van der Waals surface area contributed by atoms with E-state index in [9.17, 15) is 0 Å². The van der Waals surface area contributed by atoms with Crippen LogP contribution in [0.5, 0.6) is 0 Å². The Bertz CT molecular complexity index is 262. The SMILES string of the molecule is CN1CCCCC1CCC1CCCCC(N)=N1. The third-order valence-corrected chi connectivity index (χ3v) is 4.32. The van der Waals surface area contributed by atoms with Crippen molar-refractivity contribution in [2.45, 2.75) is 69.9 Å². The minimum absolute atomic E-state index is 0.507. The average Bonchev–Trinajstić information content (AvgIpc) is 2.53. The molecule has 0 saturated carbocycles. The van der Waals surface area contributed by atoms with E-state index in [0.717, 1.165) is 18.3 Å². The van der Waals surface area contributed by atoms with Crippen LogP contribution in [-0.4, -0.2) is 36.4 Å². The normalized spacial score (nSPS) is 31.9. The molecule has 0 aromatic carbocycles. The zero-order valence-electron chi connectivity index (χ0n) is 11.2. The van der Waals surface area contributed by atoms with Gasteiger partial charge in [0.15, 0.2) is 0 Å². The molecule has 3 nitrogen and oxygen atoms in total. The Morgan fingerprint density at radius 1 is 1.18 bits per heavy atom. The zero-order valence-corrected chi connectivity index (χ0v) is 11.2. The fraction of sp³-hybridized carbons (Fsp3) is 0.929. The Morgan fingerprint density at radius 2 is 2.00 bits per heavy atom. The highest BCUT2D eigenvalue weighted by molar-refractivity contribution is 5.80. The van der Waals surface area contributed by atoms with E-state index in [1.165, 1.54) is 57.9 Å². The van der Waals surface area contributed by atoms with Gasteiger partial charge in [0.25, 0.3) is 0 Å². The molecule has 1 fully saturated rings. The van der Waals surface area contributed by atoms with Crippen molar-refractivity contribution in [3.63, 3.8) is 0 Å². The van der Waals surface area contributed by atoms with Gasteiger partial charge in [-0.1, -0.05) is 12.8 Å². The Labute approximate surface area is 105 Å². The second-order valence-corrected chi connectivity index (χ2v) is 5.73. The molecule has 0 aromatic heterocycles. The summed E-state index contributed by atoms with van der Waals surface area (Å²) < 4.78 is 0. The number of rotatable bonds is 3. The summed E-state index contributed by atoms with van der Waals surface area (Å²) >= 11 is 0. The molecule has 0 aliphatic carbocycles. The molecule has 2 atom stereocenters. The largest absolute Gasteiger partial charge is 0.387 e. The number of aliphatic imine (C=N–C) groups is 1. The van der Waals surface area contributed by atoms with E-state index in [4.69, 9.17) is 5.73 Å². The van der Waals surface area contributed by atoms with Crippen molar-refractivity contribution >= 4 is 5.84 Å². The molecule has 2 aliphatic heterocycles. The molecular formula is C14H27N3. The van der Waals surface area contributed by atoms with E-state index in [1.807, 2.05) is 0 Å². The summed E-state index contributed by atoms with van der Waals surface area (Å²) in [5.41, 5.74) is 5.90. The number of nitrogens with two attached hydrogens (primary N) is 1. The lowest BCUT2D eigenvalue weighted by Gasteiger charge is -2.33. The molecule has 2 rings (SSSR count). The van der Waals surface area contributed by atoms with Gasteiger partial charge in [0.2, 0.25) is 0 Å². The highest BCUT2D eigenvalue weighted by Crippen LogP contribution is 2.23. The molecule has 0 amide bonds. The number of hydrogen-bond acceptors (Lipinski definition) is 3. The van der Waals surface area contributed by atoms with Crippen molar-refractivity contribution in [1.29, 1.82) is 0 Å². The molecular weight excluding hydrogens is 210 g/mol. The van der Waals surface area contributed by atoms with Crippen LogP contribution < -0.4 is 5.73 Å². The van der Waals surface area contributed by atoms with Crippen molar-refractivity contribution in [1.82, 2.24) is 4.90 Å². The van der Waals surface area contributed by atoms with Gasteiger partial charge in [-0.15, -0.1) is 0 Å². The molecule has 0 aromatic rings. The lowest BCUT2D eigenvalue weighted by atomic mass is 9.95. The van der Waals surface area contributed by atoms with Gasteiger partial charge in [0.05, 0.1) is 11.9 Å². The van der Waals surface area contributed by atoms with Gasteiger partial charge in [-0.3, -0.25) is 4.99 Å². The standard InChI is InChI=1S/C14H27N3/c1-17-11-5-4-7-13(17)10-9-12-6-2-3-8-14(15)16-12/h12-13H,2-11H2,1H3,(H2,15,16). The van der Waals surface area contributed by atoms with Crippen LogP contribution in [0.1, 0.15) is 57.8 Å². The minimum Gasteiger partial charge on any atom is -0.387 e. The van der Waals surface area contributed by atoms with Crippen molar-refractivity contribution in [2.75, 3.05) is 13.6 Å². The Kier molecular flexibility index (Phi) is 4.84. The first-order valence-electron chi connectivity index (χ1n) is 7.28. The van der Waals surface area contributed by atoms with Crippen LogP contribution in [0.3, 0.4) is 0 Å². The maximum Gasteiger partial charge on any atom is 0.0940 e. The molecule has 2 aliphatic rings. The highest BCUT2D eigenvalue weighted by atomic mass is 15.1. The molecule has 1 saturated heterocycles. The van der Waals surface area contributed by atoms with Crippen LogP contribution in [0.2, 0.25) is 0 Å². The maximum absolute atomic E-state index is 5.90. The third kappa shape index (κ3) is 3.98. The van der Waals surface area contributed by atoms with Crippen molar-refractivity contribution in [3.05, 3.63) is 0 Å². The van der Waals surface area contributed by atoms with E-state index < -0.39 is 0 Å². The van der Waals surface area contributed by atoms with E-state index in [2.05, 4.69) is 16.9 Å². The van der Waals surface area contributed by atoms with Crippen LogP contribution in [0.25, 0.3) is 0 Å². The second kappa shape index (κ2) is 6.39. The highest BCUT2D eigenvalue weighted by Gasteiger charge is 2.20. The Balaban J connectivity index is 1.78. The van der Waals surface area contributed by atoms with Crippen LogP contribution in [-0.2, 0) is 0 Å². The average molecular weight is 237 g/mol. The molecule has 0 spiro atoms. The monoisotopic (exact) mass is 237 g/mol. The van der Waals surface area contributed by atoms with Gasteiger partial charge in [0.1, 0.15) is 0 Å². The van der Waals surface area contributed by atoms with Crippen LogP contribution >= 0.6 is 0 Å². The number of amidine groups is 1. The number of likely N-dealkylation sites (tertiary alicyclic amines) is 1. The van der Waals surface area contributed by atoms with Gasteiger partial charge in [-0.05, 0) is 52.1 Å². The lowest BCUT2D eigenvalue weighted by Crippen LogP contribution is -2.36. The minimum atomic E-state index is 0.507. The summed E-state index contributed by atoms with van der Waals surface area (Å²) in [6.45, 7) is 1.28. The molecule has 2 unspecified atom stereocenters. The fourth-order valence-electron chi connectivity index (χ4n) is 3.15. The first kappa shape index (κ1) is 12.9. The van der Waals surface area contributed by atoms with Crippen molar-refractivity contribution < 1.29 is 0 Å². The van der Waals surface area contributed by atoms with E-state index in [1.54, 1.807) is 0 Å². The third-order valence-electron chi connectivity index (χ3n) is 4.32. The maximum atomic E-state index is 5.90. The summed E-state index contributed by atoms with van der Waals surface area (Å²) in [5, 5.41) is 0. The molecule has 0 bridgehead atoms. The molecule has 0 radical (unpaired) electrons. The quantitative estimate of drug-likeness (QED) is 0.819. The lowest BCUT2D eigenvalue weighted by molar-refractivity contribution is 0.171. The molecule has 2 N–H and O–H groups in total. The summed E-state index contributed by atoms with van der Waals surface area (Å²) in [6, 6.07) is 1.30. The second-order valence-electron chi connectivity index (χ2n) is 5.73. The molecule has 17 heavy (non-hydrogen) atoms. The smallest absolute Gasteiger partial charge is 0.0940 e. The predicted molar refractivity (Wildman–Crippen MR) is 73.4 cm³/mol. The van der Waals surface area contributed by atoms with Gasteiger partial charge in [-0.2, -0.15) is 0 Å². The molecule has 98 valence electrons. The zero-order chi connectivity index (χ0) is 12.1. The number of nitrogens with zero attached hydrogens (tertiary/aromatic N) is 2. The topological polar surface area (TPSA) is 41.6 Å². The summed E-state index contributed by atoms with van der Waals surface area (Å²) in [7, 11) is 2.27. The fourth-order valence-corrected chi connectivity index (χ4v) is 3.15. The van der Waals surface area contributed by atoms with Crippen LogP contribution in [0, 0.1) is 0 Å². The van der Waals surface area contributed by atoms with Crippen LogP contribution in [0.4, 0.5) is 0 Å². The summed E-state index contributed by atoms with van der Waals surface area (Å²) in [4.78, 5) is 7.20. The van der Waals surface area contributed by atoms with Crippen molar-refractivity contribution in [2.24, 2.45) is 10.7 Å². The first-order chi connectivity index (χ1) is 8.25. The van der Waals surface area contributed by atoms with Crippen molar-refractivity contribution in [3.8, 4) is 0 Å². The molecule has 3 heteroatoms.